The lowest BCUT2D eigenvalue weighted by Gasteiger charge is -2.15. The summed E-state index contributed by atoms with van der Waals surface area (Å²) in [6, 6.07) is 5.36. The molecule has 0 fully saturated rings. The van der Waals surface area contributed by atoms with Gasteiger partial charge in [0.25, 0.3) is 0 Å². The van der Waals surface area contributed by atoms with Crippen molar-refractivity contribution in [1.29, 1.82) is 5.26 Å². The fourth-order valence-electron chi connectivity index (χ4n) is 1.56. The first-order valence-corrected chi connectivity index (χ1v) is 6.72. The molecule has 6 heteroatoms. The average Bonchev–Trinajstić information content (AvgIpc) is 2.89. The first-order chi connectivity index (χ1) is 8.72. The zero-order valence-electron chi connectivity index (χ0n) is 9.72. The lowest BCUT2D eigenvalue weighted by molar-refractivity contribution is 0.737. The summed E-state index contributed by atoms with van der Waals surface area (Å²) in [5.41, 5.74) is 0.492. The topological polar surface area (TPSA) is 61.6 Å². The number of nitrogens with zero attached hydrogens (tertiary/aromatic N) is 3. The molecule has 2 aromatic rings. The van der Waals surface area contributed by atoms with Crippen LogP contribution in [0.5, 0.6) is 0 Å². The monoisotopic (exact) mass is 278 g/mol. The SMILES string of the molecule is CCC(Nc1cc(C#N)cc(Cl)n1)c1nccs1. The van der Waals surface area contributed by atoms with E-state index in [-0.39, 0.29) is 6.04 Å². The molecule has 0 spiro atoms. The average molecular weight is 279 g/mol. The first-order valence-electron chi connectivity index (χ1n) is 5.46. The van der Waals surface area contributed by atoms with Crippen LogP contribution < -0.4 is 5.32 Å². The smallest absolute Gasteiger partial charge is 0.132 e. The molecule has 1 unspecified atom stereocenters. The zero-order valence-corrected chi connectivity index (χ0v) is 11.3. The summed E-state index contributed by atoms with van der Waals surface area (Å²) in [5.74, 6) is 0.598. The number of thiazole rings is 1. The van der Waals surface area contributed by atoms with Crippen LogP contribution in [0.15, 0.2) is 23.7 Å². The Hall–Kier alpha value is -1.64. The Balaban J connectivity index is 2.22. The number of pyridine rings is 1. The maximum atomic E-state index is 8.89. The number of halogens is 1. The molecular formula is C12H11ClN4S. The number of hydrogen-bond acceptors (Lipinski definition) is 5. The van der Waals surface area contributed by atoms with Crippen LogP contribution in [0, 0.1) is 11.3 Å². The molecule has 0 aliphatic carbocycles. The normalized spacial score (nSPS) is 11.8. The highest BCUT2D eigenvalue weighted by atomic mass is 35.5. The van der Waals surface area contributed by atoms with Crippen molar-refractivity contribution in [3.8, 4) is 6.07 Å². The maximum absolute atomic E-state index is 8.89. The standard InChI is InChI=1S/C12H11ClN4S/c1-2-9(12-15-3-4-18-12)16-11-6-8(7-14)5-10(13)17-11/h3-6,9H,2H2,1H3,(H,16,17). The summed E-state index contributed by atoms with van der Waals surface area (Å²) in [7, 11) is 0. The van der Waals surface area contributed by atoms with Crippen molar-refractivity contribution in [3.05, 3.63) is 39.4 Å². The second kappa shape index (κ2) is 5.80. The number of aromatic nitrogens is 2. The van der Waals surface area contributed by atoms with Gasteiger partial charge in [0, 0.05) is 11.6 Å². The van der Waals surface area contributed by atoms with Crippen molar-refractivity contribution in [2.24, 2.45) is 0 Å². The Morgan fingerprint density at radius 1 is 1.56 bits per heavy atom. The maximum Gasteiger partial charge on any atom is 0.132 e. The minimum Gasteiger partial charge on any atom is -0.361 e. The molecule has 0 aliphatic heterocycles. The Morgan fingerprint density at radius 3 is 3.00 bits per heavy atom. The lowest BCUT2D eigenvalue weighted by atomic mass is 10.2. The third kappa shape index (κ3) is 2.97. The van der Waals surface area contributed by atoms with E-state index in [4.69, 9.17) is 16.9 Å². The van der Waals surface area contributed by atoms with Crippen LogP contribution in [-0.4, -0.2) is 9.97 Å². The molecule has 0 saturated heterocycles. The predicted octanol–water partition coefficient (Wildman–Crippen LogP) is 3.63. The highest BCUT2D eigenvalue weighted by Crippen LogP contribution is 2.24. The summed E-state index contributed by atoms with van der Waals surface area (Å²) < 4.78 is 0. The Kier molecular flexibility index (Phi) is 4.13. The van der Waals surface area contributed by atoms with Gasteiger partial charge in [0.05, 0.1) is 17.7 Å². The number of nitrogens with one attached hydrogen (secondary N) is 1. The quantitative estimate of drug-likeness (QED) is 0.868. The summed E-state index contributed by atoms with van der Waals surface area (Å²) in [5, 5.41) is 15.4. The summed E-state index contributed by atoms with van der Waals surface area (Å²) in [6.07, 6.45) is 2.65. The van der Waals surface area contributed by atoms with E-state index in [1.165, 1.54) is 6.07 Å². The molecule has 18 heavy (non-hydrogen) atoms. The van der Waals surface area contributed by atoms with Crippen LogP contribution in [0.4, 0.5) is 5.82 Å². The van der Waals surface area contributed by atoms with Crippen LogP contribution in [0.25, 0.3) is 0 Å². The van der Waals surface area contributed by atoms with Gasteiger partial charge in [0.1, 0.15) is 16.0 Å². The van der Waals surface area contributed by atoms with E-state index >= 15 is 0 Å². The molecule has 2 heterocycles. The molecule has 0 aromatic carbocycles. The molecule has 2 aromatic heterocycles. The third-order valence-corrected chi connectivity index (χ3v) is 3.49. The fraction of sp³-hybridized carbons (Fsp3) is 0.250. The van der Waals surface area contributed by atoms with Gasteiger partial charge in [-0.15, -0.1) is 11.3 Å². The molecule has 1 atom stereocenters. The van der Waals surface area contributed by atoms with Gasteiger partial charge in [-0.25, -0.2) is 9.97 Å². The van der Waals surface area contributed by atoms with Gasteiger partial charge in [0.2, 0.25) is 0 Å². The van der Waals surface area contributed by atoms with Gasteiger partial charge in [0.15, 0.2) is 0 Å². The number of hydrogen-bond donors (Lipinski definition) is 1. The highest BCUT2D eigenvalue weighted by molar-refractivity contribution is 7.09. The minimum atomic E-state index is 0.0857. The van der Waals surface area contributed by atoms with Crippen molar-refractivity contribution in [1.82, 2.24) is 9.97 Å². The fourth-order valence-corrected chi connectivity index (χ4v) is 2.54. The molecule has 92 valence electrons. The lowest BCUT2D eigenvalue weighted by Crippen LogP contribution is -2.10. The number of anilines is 1. The van der Waals surface area contributed by atoms with Crippen LogP contribution >= 0.6 is 22.9 Å². The second-order valence-electron chi connectivity index (χ2n) is 3.65. The van der Waals surface area contributed by atoms with Crippen LogP contribution in [-0.2, 0) is 0 Å². The first kappa shape index (κ1) is 12.8. The van der Waals surface area contributed by atoms with Crippen molar-refractivity contribution < 1.29 is 0 Å². The van der Waals surface area contributed by atoms with Crippen molar-refractivity contribution in [2.45, 2.75) is 19.4 Å². The zero-order chi connectivity index (χ0) is 13.0. The molecule has 0 saturated carbocycles. The summed E-state index contributed by atoms with van der Waals surface area (Å²) in [4.78, 5) is 8.44. The number of nitriles is 1. The van der Waals surface area contributed by atoms with Crippen molar-refractivity contribution in [3.63, 3.8) is 0 Å². The van der Waals surface area contributed by atoms with Gasteiger partial charge in [-0.05, 0) is 18.6 Å². The third-order valence-electron chi connectivity index (χ3n) is 2.40. The number of rotatable bonds is 4. The Morgan fingerprint density at radius 2 is 2.39 bits per heavy atom. The molecular weight excluding hydrogens is 268 g/mol. The molecule has 4 nitrogen and oxygen atoms in total. The minimum absolute atomic E-state index is 0.0857. The van der Waals surface area contributed by atoms with Crippen LogP contribution in [0.3, 0.4) is 0 Å². The van der Waals surface area contributed by atoms with E-state index in [9.17, 15) is 0 Å². The Labute approximate surface area is 114 Å². The molecule has 0 amide bonds. The van der Waals surface area contributed by atoms with E-state index in [1.54, 1.807) is 23.6 Å². The molecule has 0 aliphatic rings. The van der Waals surface area contributed by atoms with Gasteiger partial charge < -0.3 is 5.32 Å². The van der Waals surface area contributed by atoms with Gasteiger partial charge >= 0.3 is 0 Å². The Bertz CT molecular complexity index is 562. The van der Waals surface area contributed by atoms with Crippen molar-refractivity contribution in [2.75, 3.05) is 5.32 Å². The van der Waals surface area contributed by atoms with E-state index in [0.717, 1.165) is 11.4 Å². The van der Waals surface area contributed by atoms with Crippen LogP contribution in [0.2, 0.25) is 5.15 Å². The highest BCUT2D eigenvalue weighted by Gasteiger charge is 2.13. The van der Waals surface area contributed by atoms with E-state index < -0.39 is 0 Å². The van der Waals surface area contributed by atoms with Gasteiger partial charge in [-0.3, -0.25) is 0 Å². The summed E-state index contributed by atoms with van der Waals surface area (Å²) >= 11 is 7.45. The van der Waals surface area contributed by atoms with Crippen molar-refractivity contribution >= 4 is 28.8 Å². The predicted molar refractivity (Wildman–Crippen MR) is 72.7 cm³/mol. The summed E-state index contributed by atoms with van der Waals surface area (Å²) in [6.45, 7) is 2.06. The van der Waals surface area contributed by atoms with E-state index in [2.05, 4.69) is 28.3 Å². The van der Waals surface area contributed by atoms with E-state index in [0.29, 0.717) is 16.5 Å². The largest absolute Gasteiger partial charge is 0.361 e. The van der Waals surface area contributed by atoms with Crippen LogP contribution in [0.1, 0.15) is 30.0 Å². The van der Waals surface area contributed by atoms with Gasteiger partial charge in [-0.2, -0.15) is 5.26 Å². The molecule has 0 bridgehead atoms. The molecule has 2 rings (SSSR count). The van der Waals surface area contributed by atoms with E-state index in [1.807, 2.05) is 5.38 Å². The second-order valence-corrected chi connectivity index (χ2v) is 4.96. The van der Waals surface area contributed by atoms with Gasteiger partial charge in [-0.1, -0.05) is 18.5 Å². The molecule has 0 radical (unpaired) electrons. The molecule has 1 N–H and O–H groups in total.